The molecule has 2 bridgehead atoms. The van der Waals surface area contributed by atoms with E-state index in [2.05, 4.69) is 34.1 Å². The number of anilines is 1. The molecule has 2 saturated heterocycles. The predicted octanol–water partition coefficient (Wildman–Crippen LogP) is 4.78. The van der Waals surface area contributed by atoms with E-state index in [9.17, 15) is 19.8 Å². The predicted molar refractivity (Wildman–Crippen MR) is 193 cm³/mol. The van der Waals surface area contributed by atoms with Crippen molar-refractivity contribution in [1.29, 1.82) is 0 Å². The highest BCUT2D eigenvalue weighted by atomic mass is 35.5. The molecule has 274 valence electrons. The third-order valence-electron chi connectivity index (χ3n) is 12.9. The van der Waals surface area contributed by atoms with Crippen molar-refractivity contribution in [2.45, 2.75) is 74.0 Å². The molecule has 4 heterocycles. The topological polar surface area (TPSA) is 112 Å². The molecule has 10 nitrogen and oxygen atoms in total. The molecule has 0 unspecified atom stereocenters. The Labute approximate surface area is 305 Å². The van der Waals surface area contributed by atoms with Gasteiger partial charge >= 0.3 is 5.97 Å². The Hall–Kier alpha value is -3.15. The summed E-state index contributed by atoms with van der Waals surface area (Å²) in [6.45, 7) is 6.56. The Bertz CT molecular complexity index is 1690. The third-order valence-corrected chi connectivity index (χ3v) is 13.2. The number of carbonyl (C=O) groups excluding carboxylic acids is 1. The number of hydrogen-bond donors (Lipinski definition) is 2. The van der Waals surface area contributed by atoms with Crippen LogP contribution in [0.4, 0.5) is 5.69 Å². The van der Waals surface area contributed by atoms with E-state index < -0.39 is 23.9 Å². The number of fused-ring (bicyclic) bond motifs is 4. The number of carboxylic acids is 1. The normalized spacial score (nSPS) is 32.5. The van der Waals surface area contributed by atoms with Gasteiger partial charge in [-0.2, -0.15) is 0 Å². The van der Waals surface area contributed by atoms with E-state index in [1.54, 1.807) is 25.2 Å². The highest BCUT2D eigenvalue weighted by molar-refractivity contribution is 6.30. The molecule has 2 aliphatic carbocycles. The van der Waals surface area contributed by atoms with Crippen molar-refractivity contribution >= 4 is 29.2 Å². The Kier molecular flexibility index (Phi) is 9.36. The third kappa shape index (κ3) is 6.35. The minimum atomic E-state index is -2.39. The van der Waals surface area contributed by atoms with Gasteiger partial charge in [-0.25, -0.2) is 4.79 Å². The first-order valence-corrected chi connectivity index (χ1v) is 19.1. The van der Waals surface area contributed by atoms with Crippen LogP contribution in [0.3, 0.4) is 0 Å². The zero-order chi connectivity index (χ0) is 35.4. The van der Waals surface area contributed by atoms with Crippen molar-refractivity contribution in [3.05, 3.63) is 70.3 Å². The Morgan fingerprint density at radius 3 is 2.69 bits per heavy atom. The van der Waals surface area contributed by atoms with E-state index in [0.717, 1.165) is 75.7 Å². The van der Waals surface area contributed by atoms with Gasteiger partial charge in [0, 0.05) is 50.2 Å². The Morgan fingerprint density at radius 1 is 1.10 bits per heavy atom. The van der Waals surface area contributed by atoms with Gasteiger partial charge in [0.05, 0.1) is 50.2 Å². The summed E-state index contributed by atoms with van der Waals surface area (Å²) >= 11 is 6.47. The number of likely N-dealkylation sites (tertiary alicyclic amines) is 1. The average Bonchev–Trinajstić information content (AvgIpc) is 3.21. The summed E-state index contributed by atoms with van der Waals surface area (Å²) in [6, 6.07) is 11.3. The summed E-state index contributed by atoms with van der Waals surface area (Å²) in [4.78, 5) is 32.5. The van der Waals surface area contributed by atoms with Crippen LogP contribution in [0.2, 0.25) is 5.02 Å². The van der Waals surface area contributed by atoms with Gasteiger partial charge in [0.25, 0.3) is 0 Å². The number of ether oxygens (including phenoxy) is 3. The number of aryl methyl sites for hydroxylation is 1. The largest absolute Gasteiger partial charge is 0.490 e. The highest BCUT2D eigenvalue weighted by Crippen LogP contribution is 2.48. The minimum Gasteiger partial charge on any atom is -0.490 e. The maximum atomic E-state index is 13.4. The van der Waals surface area contributed by atoms with E-state index >= 15 is 0 Å². The zero-order valence-corrected chi connectivity index (χ0v) is 30.3. The first kappa shape index (κ1) is 34.9. The minimum absolute atomic E-state index is 0.0508. The van der Waals surface area contributed by atoms with Crippen LogP contribution in [0.1, 0.15) is 61.6 Å². The smallest absolute Gasteiger partial charge is 0.340 e. The molecule has 2 spiro atoms. The first-order chi connectivity index (χ1) is 24.6. The standard InChI is InChI=1S/C40H50ClN3O7/c1-42-15-3-2-6-34(50-18-17-44-16-14-39(44)25-49-26-39)31-10-7-28(31)22-43-23-38(13-4-5-27-19-30(41)9-11-32(27)38)24-51-35-12-8-29(20-33(35)43)40(48,37(46)47)21-36(42)45/h2,6,8-9,11-12,19-20,28,31,34,48H,3-5,7,10,13-18,21-26H2,1H3,(H,46,47)/b6-2-/t28-,31+,34-,38-,40+/m0/s1. The van der Waals surface area contributed by atoms with Gasteiger partial charge in [0.2, 0.25) is 5.91 Å². The molecule has 4 aliphatic heterocycles. The number of rotatable bonds is 5. The van der Waals surface area contributed by atoms with Crippen LogP contribution >= 0.6 is 11.6 Å². The molecule has 2 N–H and O–H groups in total. The number of aliphatic hydroxyl groups is 1. The average molecular weight is 720 g/mol. The molecule has 1 amide bonds. The van der Waals surface area contributed by atoms with Crippen LogP contribution in [-0.4, -0.2) is 110 Å². The summed E-state index contributed by atoms with van der Waals surface area (Å²) in [7, 11) is 1.66. The molecular formula is C40H50ClN3O7. The summed E-state index contributed by atoms with van der Waals surface area (Å²) in [6.07, 6.45) is 10.5. The van der Waals surface area contributed by atoms with Gasteiger partial charge in [-0.1, -0.05) is 35.9 Å². The lowest BCUT2D eigenvalue weighted by Crippen LogP contribution is -2.71. The lowest BCUT2D eigenvalue weighted by molar-refractivity contribution is -0.197. The van der Waals surface area contributed by atoms with E-state index in [0.29, 0.717) is 50.3 Å². The van der Waals surface area contributed by atoms with Crippen LogP contribution < -0.4 is 9.64 Å². The van der Waals surface area contributed by atoms with Gasteiger partial charge in [0.15, 0.2) is 5.60 Å². The summed E-state index contributed by atoms with van der Waals surface area (Å²) in [5.41, 5.74) is 0.964. The van der Waals surface area contributed by atoms with Crippen molar-refractivity contribution in [3.63, 3.8) is 0 Å². The molecule has 51 heavy (non-hydrogen) atoms. The Morgan fingerprint density at radius 2 is 1.96 bits per heavy atom. The molecule has 2 aromatic carbocycles. The molecular weight excluding hydrogens is 670 g/mol. The second-order valence-electron chi connectivity index (χ2n) is 16.0. The van der Waals surface area contributed by atoms with E-state index in [4.69, 9.17) is 25.8 Å². The Balaban J connectivity index is 1.14. The van der Waals surface area contributed by atoms with Crippen molar-refractivity contribution < 1.29 is 34.0 Å². The molecule has 2 aromatic rings. The molecule has 8 rings (SSSR count). The fourth-order valence-electron chi connectivity index (χ4n) is 9.41. The molecule has 11 heteroatoms. The number of aliphatic carboxylic acids is 1. The van der Waals surface area contributed by atoms with E-state index in [1.165, 1.54) is 22.4 Å². The lowest BCUT2D eigenvalue weighted by Gasteiger charge is -2.57. The van der Waals surface area contributed by atoms with Crippen LogP contribution in [-0.2, 0) is 36.5 Å². The van der Waals surface area contributed by atoms with Gasteiger partial charge in [-0.05, 0) is 97.7 Å². The van der Waals surface area contributed by atoms with Crippen LogP contribution in [0.5, 0.6) is 5.75 Å². The summed E-state index contributed by atoms with van der Waals surface area (Å²) < 4.78 is 18.9. The molecule has 3 fully saturated rings. The van der Waals surface area contributed by atoms with E-state index in [-0.39, 0.29) is 22.6 Å². The molecule has 0 radical (unpaired) electrons. The maximum Gasteiger partial charge on any atom is 0.340 e. The fraction of sp³-hybridized carbons (Fsp3) is 0.600. The quantitative estimate of drug-likeness (QED) is 0.422. The number of benzene rings is 2. The number of halogens is 1. The van der Waals surface area contributed by atoms with Gasteiger partial charge < -0.3 is 34.2 Å². The van der Waals surface area contributed by atoms with Crippen LogP contribution in [0, 0.1) is 11.8 Å². The van der Waals surface area contributed by atoms with Gasteiger partial charge in [0.1, 0.15) is 5.75 Å². The van der Waals surface area contributed by atoms with E-state index in [1.807, 2.05) is 6.07 Å². The van der Waals surface area contributed by atoms with Gasteiger partial charge in [-0.15, -0.1) is 0 Å². The van der Waals surface area contributed by atoms with Crippen molar-refractivity contribution in [2.75, 3.05) is 71.1 Å². The number of hydrogen-bond acceptors (Lipinski definition) is 8. The van der Waals surface area contributed by atoms with Crippen LogP contribution in [0.25, 0.3) is 0 Å². The summed E-state index contributed by atoms with van der Waals surface area (Å²) in [5.74, 6) is -0.582. The number of amides is 1. The fourth-order valence-corrected chi connectivity index (χ4v) is 9.60. The van der Waals surface area contributed by atoms with Crippen molar-refractivity contribution in [2.24, 2.45) is 11.8 Å². The second-order valence-corrected chi connectivity index (χ2v) is 16.4. The number of nitrogens with zero attached hydrogens (tertiary/aromatic N) is 3. The van der Waals surface area contributed by atoms with Crippen molar-refractivity contribution in [3.8, 4) is 5.75 Å². The first-order valence-electron chi connectivity index (χ1n) is 18.7. The monoisotopic (exact) mass is 719 g/mol. The SMILES string of the molecule is CN1CC/C=C\[C@H](OCCN2CCC23COC3)[C@@H]2CC[C@H]2CN2C[C@@]3(CCCc4cc(Cl)ccc43)COc3ccc(cc32)[C@@](O)(C(=O)O)CC1=O. The number of carboxylic acid groups (broad SMARTS) is 1. The molecule has 0 aromatic heterocycles. The van der Waals surface area contributed by atoms with Gasteiger partial charge in [-0.3, -0.25) is 9.69 Å². The maximum absolute atomic E-state index is 13.4. The number of carbonyl (C=O) groups is 2. The molecule has 5 atom stereocenters. The lowest BCUT2D eigenvalue weighted by atomic mass is 9.68. The zero-order valence-electron chi connectivity index (χ0n) is 29.5. The summed E-state index contributed by atoms with van der Waals surface area (Å²) in [5, 5.41) is 22.8. The highest BCUT2D eigenvalue weighted by Gasteiger charge is 2.51. The van der Waals surface area contributed by atoms with Crippen molar-refractivity contribution in [1.82, 2.24) is 9.80 Å². The second kappa shape index (κ2) is 13.7. The molecule has 1 saturated carbocycles. The van der Waals surface area contributed by atoms with Crippen LogP contribution in [0.15, 0.2) is 48.6 Å². The molecule has 6 aliphatic rings.